The van der Waals surface area contributed by atoms with Crippen LogP contribution < -0.4 is 18.9 Å². The molecule has 2 heterocycles. The zero-order valence-electron chi connectivity index (χ0n) is 13.4. The van der Waals surface area contributed by atoms with Crippen molar-refractivity contribution >= 4 is 5.97 Å². The Hall–Kier alpha value is -2.93. The SMILES string of the molecule is COc1cc(C(=O)O)cc2c1OC(c1ccc3c(c1)OCO3)C2CO. The summed E-state index contributed by atoms with van der Waals surface area (Å²) in [6.45, 7) is -0.0257. The number of aliphatic hydroxyl groups excluding tert-OH is 1. The maximum absolute atomic E-state index is 11.4. The molecule has 7 nitrogen and oxygen atoms in total. The largest absolute Gasteiger partial charge is 0.493 e. The molecule has 0 fully saturated rings. The average molecular weight is 344 g/mol. The van der Waals surface area contributed by atoms with Gasteiger partial charge in [0.1, 0.15) is 6.10 Å². The summed E-state index contributed by atoms with van der Waals surface area (Å²) in [6, 6.07) is 8.38. The molecule has 2 aromatic carbocycles. The van der Waals surface area contributed by atoms with Crippen LogP contribution in [-0.4, -0.2) is 36.7 Å². The van der Waals surface area contributed by atoms with Gasteiger partial charge >= 0.3 is 5.97 Å². The number of fused-ring (bicyclic) bond motifs is 2. The highest BCUT2D eigenvalue weighted by Gasteiger charge is 2.38. The molecule has 4 rings (SSSR count). The number of methoxy groups -OCH3 is 1. The van der Waals surface area contributed by atoms with Crippen molar-refractivity contribution in [2.75, 3.05) is 20.5 Å². The third-order valence-electron chi connectivity index (χ3n) is 4.48. The first-order chi connectivity index (χ1) is 12.1. The second-order valence-electron chi connectivity index (χ2n) is 5.84. The summed E-state index contributed by atoms with van der Waals surface area (Å²) in [5.41, 5.74) is 1.50. The lowest BCUT2D eigenvalue weighted by molar-refractivity contribution is 0.0696. The molecule has 2 N–H and O–H groups in total. The molecular weight excluding hydrogens is 328 g/mol. The summed E-state index contributed by atoms with van der Waals surface area (Å²) in [6.07, 6.45) is -0.479. The molecular formula is C18H16O7. The van der Waals surface area contributed by atoms with Gasteiger partial charge in [-0.1, -0.05) is 6.07 Å². The normalized spacial score (nSPS) is 20.1. The minimum atomic E-state index is -1.07. The first-order valence-corrected chi connectivity index (χ1v) is 7.74. The molecule has 0 bridgehead atoms. The number of carbonyl (C=O) groups is 1. The van der Waals surface area contributed by atoms with Crippen molar-refractivity contribution in [3.8, 4) is 23.0 Å². The Bertz CT molecular complexity index is 846. The van der Waals surface area contributed by atoms with E-state index in [2.05, 4.69) is 0 Å². The lowest BCUT2D eigenvalue weighted by Crippen LogP contribution is -2.13. The summed E-state index contributed by atoms with van der Waals surface area (Å²) >= 11 is 0. The monoisotopic (exact) mass is 344 g/mol. The quantitative estimate of drug-likeness (QED) is 0.879. The van der Waals surface area contributed by atoms with E-state index < -0.39 is 18.0 Å². The van der Waals surface area contributed by atoms with Gasteiger partial charge in [0, 0.05) is 5.56 Å². The number of hydrogen-bond donors (Lipinski definition) is 2. The highest BCUT2D eigenvalue weighted by atomic mass is 16.7. The van der Waals surface area contributed by atoms with Crippen LogP contribution in [0.4, 0.5) is 0 Å². The molecule has 7 heteroatoms. The Morgan fingerprint density at radius 3 is 2.76 bits per heavy atom. The van der Waals surface area contributed by atoms with E-state index in [4.69, 9.17) is 18.9 Å². The van der Waals surface area contributed by atoms with E-state index in [-0.39, 0.29) is 19.0 Å². The maximum atomic E-state index is 11.4. The van der Waals surface area contributed by atoms with Crippen molar-refractivity contribution < 1.29 is 34.0 Å². The van der Waals surface area contributed by atoms with Gasteiger partial charge in [0.05, 0.1) is 25.2 Å². The molecule has 0 amide bonds. The van der Waals surface area contributed by atoms with E-state index in [1.165, 1.54) is 19.2 Å². The molecule has 0 saturated heterocycles. The van der Waals surface area contributed by atoms with Crippen LogP contribution in [0.25, 0.3) is 0 Å². The van der Waals surface area contributed by atoms with Crippen LogP contribution in [0.3, 0.4) is 0 Å². The van der Waals surface area contributed by atoms with Gasteiger partial charge in [-0.05, 0) is 29.8 Å². The summed E-state index contributed by atoms with van der Waals surface area (Å²) in [5, 5.41) is 19.2. The van der Waals surface area contributed by atoms with E-state index in [1.807, 2.05) is 12.1 Å². The Balaban J connectivity index is 1.78. The average Bonchev–Trinajstić information content (AvgIpc) is 3.23. The van der Waals surface area contributed by atoms with Crippen LogP contribution in [-0.2, 0) is 0 Å². The summed E-state index contributed by atoms with van der Waals surface area (Å²) in [7, 11) is 1.45. The van der Waals surface area contributed by atoms with Crippen molar-refractivity contribution in [2.24, 2.45) is 0 Å². The minimum absolute atomic E-state index is 0.0870. The van der Waals surface area contributed by atoms with Crippen molar-refractivity contribution in [3.63, 3.8) is 0 Å². The fourth-order valence-electron chi connectivity index (χ4n) is 3.26. The summed E-state index contributed by atoms with van der Waals surface area (Å²) < 4.78 is 22.0. The Kier molecular flexibility index (Phi) is 3.65. The zero-order valence-corrected chi connectivity index (χ0v) is 13.4. The van der Waals surface area contributed by atoms with E-state index in [1.54, 1.807) is 6.07 Å². The van der Waals surface area contributed by atoms with Gasteiger partial charge in [-0.15, -0.1) is 0 Å². The molecule has 2 atom stereocenters. The zero-order chi connectivity index (χ0) is 17.6. The number of rotatable bonds is 4. The Morgan fingerprint density at radius 1 is 1.24 bits per heavy atom. The Morgan fingerprint density at radius 2 is 2.04 bits per heavy atom. The third kappa shape index (κ3) is 2.44. The molecule has 0 saturated carbocycles. The van der Waals surface area contributed by atoms with E-state index in [9.17, 15) is 15.0 Å². The van der Waals surface area contributed by atoms with Crippen molar-refractivity contribution in [3.05, 3.63) is 47.0 Å². The fraction of sp³-hybridized carbons (Fsp3) is 0.278. The molecule has 0 radical (unpaired) electrons. The number of aromatic carboxylic acids is 1. The first kappa shape index (κ1) is 15.6. The maximum Gasteiger partial charge on any atom is 0.335 e. The highest BCUT2D eigenvalue weighted by molar-refractivity contribution is 5.89. The summed E-state index contributed by atoms with van der Waals surface area (Å²) in [4.78, 5) is 11.4. The van der Waals surface area contributed by atoms with Crippen LogP contribution in [0.5, 0.6) is 23.0 Å². The van der Waals surface area contributed by atoms with E-state index in [0.29, 0.717) is 28.6 Å². The van der Waals surface area contributed by atoms with E-state index >= 15 is 0 Å². The van der Waals surface area contributed by atoms with Gasteiger partial charge < -0.3 is 29.2 Å². The van der Waals surface area contributed by atoms with Crippen LogP contribution in [0, 0.1) is 0 Å². The number of carboxylic acid groups (broad SMARTS) is 1. The fourth-order valence-corrected chi connectivity index (χ4v) is 3.26. The highest BCUT2D eigenvalue weighted by Crippen LogP contribution is 2.51. The molecule has 0 spiro atoms. The van der Waals surface area contributed by atoms with Gasteiger partial charge in [-0.3, -0.25) is 0 Å². The van der Waals surface area contributed by atoms with E-state index in [0.717, 1.165) is 5.56 Å². The number of hydrogen-bond acceptors (Lipinski definition) is 6. The van der Waals surface area contributed by atoms with Crippen molar-refractivity contribution in [2.45, 2.75) is 12.0 Å². The molecule has 0 aromatic heterocycles. The number of ether oxygens (including phenoxy) is 4. The molecule has 130 valence electrons. The minimum Gasteiger partial charge on any atom is -0.493 e. The molecule has 2 aliphatic heterocycles. The van der Waals surface area contributed by atoms with Crippen molar-refractivity contribution in [1.82, 2.24) is 0 Å². The topological polar surface area (TPSA) is 94.5 Å². The van der Waals surface area contributed by atoms with Crippen LogP contribution in [0.15, 0.2) is 30.3 Å². The van der Waals surface area contributed by atoms with Crippen LogP contribution in [0.1, 0.15) is 33.5 Å². The molecule has 25 heavy (non-hydrogen) atoms. The number of carboxylic acids is 1. The smallest absolute Gasteiger partial charge is 0.335 e. The molecule has 0 aliphatic carbocycles. The molecule has 2 aliphatic rings. The molecule has 2 aromatic rings. The predicted octanol–water partition coefficient (Wildman–Crippen LogP) is 2.33. The van der Waals surface area contributed by atoms with Gasteiger partial charge in [-0.2, -0.15) is 0 Å². The van der Waals surface area contributed by atoms with Gasteiger partial charge in [0.2, 0.25) is 6.79 Å². The van der Waals surface area contributed by atoms with Crippen LogP contribution >= 0.6 is 0 Å². The van der Waals surface area contributed by atoms with Gasteiger partial charge in [0.15, 0.2) is 23.0 Å². The van der Waals surface area contributed by atoms with Gasteiger partial charge in [-0.25, -0.2) is 4.79 Å². The number of benzene rings is 2. The summed E-state index contributed by atoms with van der Waals surface area (Å²) in [5.74, 6) is 0.580. The van der Waals surface area contributed by atoms with Gasteiger partial charge in [0.25, 0.3) is 0 Å². The number of aliphatic hydroxyl groups is 1. The van der Waals surface area contributed by atoms with Crippen LogP contribution in [0.2, 0.25) is 0 Å². The lowest BCUT2D eigenvalue weighted by atomic mass is 9.90. The lowest BCUT2D eigenvalue weighted by Gasteiger charge is -2.18. The predicted molar refractivity (Wildman–Crippen MR) is 85.7 cm³/mol. The third-order valence-corrected chi connectivity index (χ3v) is 4.48. The second kappa shape index (κ2) is 5.86. The molecule has 2 unspecified atom stereocenters. The second-order valence-corrected chi connectivity index (χ2v) is 5.84. The first-order valence-electron chi connectivity index (χ1n) is 7.74. The Labute approximate surface area is 143 Å². The van der Waals surface area contributed by atoms with Crippen molar-refractivity contribution in [1.29, 1.82) is 0 Å². The standard InChI is InChI=1S/C18H16O7/c1-22-15-6-10(18(20)21)4-11-12(7-19)16(25-17(11)15)9-2-3-13-14(5-9)24-8-23-13/h2-6,12,16,19H,7-8H2,1H3,(H,20,21).